The van der Waals surface area contributed by atoms with E-state index in [0.717, 1.165) is 36.5 Å². The first-order chi connectivity index (χ1) is 11.9. The van der Waals surface area contributed by atoms with Crippen molar-refractivity contribution in [2.75, 3.05) is 44.9 Å². The summed E-state index contributed by atoms with van der Waals surface area (Å²) in [6.45, 7) is 5.74. The molecular weight excluding hydrogens is 338 g/mol. The predicted molar refractivity (Wildman–Crippen MR) is 104 cm³/mol. The molecule has 1 heterocycles. The second-order valence-electron chi connectivity index (χ2n) is 6.23. The van der Waals surface area contributed by atoms with Gasteiger partial charge in [0.1, 0.15) is 11.6 Å². The number of anilines is 3. The minimum atomic E-state index is 0.617. The smallest absolute Gasteiger partial charge is 0.224 e. The van der Waals surface area contributed by atoms with Crippen LogP contribution in [0.2, 0.25) is 5.02 Å². The molecule has 6 nitrogen and oxygen atoms in total. The van der Waals surface area contributed by atoms with Crippen molar-refractivity contribution in [3.63, 3.8) is 0 Å². The van der Waals surface area contributed by atoms with E-state index in [9.17, 15) is 0 Å². The van der Waals surface area contributed by atoms with Crippen molar-refractivity contribution >= 4 is 29.1 Å². The highest BCUT2D eigenvalue weighted by Gasteiger charge is 2.09. The van der Waals surface area contributed by atoms with Gasteiger partial charge in [0, 0.05) is 29.4 Å². The van der Waals surface area contributed by atoms with Crippen molar-refractivity contribution in [2.24, 2.45) is 0 Å². The van der Waals surface area contributed by atoms with Crippen LogP contribution in [0, 0.1) is 13.8 Å². The molecule has 136 valence electrons. The highest BCUT2D eigenvalue weighted by atomic mass is 35.5. The first kappa shape index (κ1) is 19.3. The summed E-state index contributed by atoms with van der Waals surface area (Å²) in [5.41, 5.74) is 2.68. The van der Waals surface area contributed by atoms with Gasteiger partial charge >= 0.3 is 0 Å². The molecule has 0 spiro atoms. The van der Waals surface area contributed by atoms with E-state index in [2.05, 4.69) is 39.6 Å². The van der Waals surface area contributed by atoms with Crippen LogP contribution in [0.5, 0.6) is 5.75 Å². The number of rotatable bonds is 8. The van der Waals surface area contributed by atoms with E-state index in [4.69, 9.17) is 16.3 Å². The molecule has 0 saturated carbocycles. The third-order valence-corrected chi connectivity index (χ3v) is 4.07. The number of ether oxygens (including phenoxy) is 1. The van der Waals surface area contributed by atoms with Gasteiger partial charge in [-0.25, -0.2) is 4.98 Å². The Balaban J connectivity index is 2.13. The molecule has 0 saturated heterocycles. The average Bonchev–Trinajstić information content (AvgIpc) is 2.54. The molecule has 0 atom stereocenters. The van der Waals surface area contributed by atoms with Gasteiger partial charge in [-0.15, -0.1) is 0 Å². The molecule has 0 amide bonds. The first-order valence-electron chi connectivity index (χ1n) is 8.24. The summed E-state index contributed by atoms with van der Waals surface area (Å²) in [6, 6.07) is 5.64. The van der Waals surface area contributed by atoms with Crippen LogP contribution in [0.25, 0.3) is 0 Å². The lowest BCUT2D eigenvalue weighted by Crippen LogP contribution is -2.17. The molecule has 0 aliphatic rings. The summed E-state index contributed by atoms with van der Waals surface area (Å²) in [7, 11) is 5.74. The fourth-order valence-corrected chi connectivity index (χ4v) is 2.53. The van der Waals surface area contributed by atoms with Gasteiger partial charge in [-0.1, -0.05) is 11.6 Å². The molecule has 2 rings (SSSR count). The van der Waals surface area contributed by atoms with Gasteiger partial charge in [0.05, 0.1) is 12.8 Å². The van der Waals surface area contributed by atoms with Crippen molar-refractivity contribution in [1.82, 2.24) is 14.9 Å². The Bertz CT molecular complexity index is 721. The number of halogens is 1. The topological polar surface area (TPSA) is 62.3 Å². The van der Waals surface area contributed by atoms with E-state index in [-0.39, 0.29) is 0 Å². The standard InChI is InChI=1S/C18H26ClN5O/c1-12-9-15(16(25-5)11-14(12)19)22-17-10-13(2)21-18(23-17)20-7-6-8-24(3)4/h9-11H,6-8H2,1-5H3,(H2,20,21,22,23). The Labute approximate surface area is 154 Å². The van der Waals surface area contributed by atoms with Gasteiger partial charge in [0.2, 0.25) is 5.95 Å². The molecule has 25 heavy (non-hydrogen) atoms. The summed E-state index contributed by atoms with van der Waals surface area (Å²) in [5, 5.41) is 7.24. The number of aryl methyl sites for hydroxylation is 2. The Kier molecular flexibility index (Phi) is 6.84. The summed E-state index contributed by atoms with van der Waals surface area (Å²) in [5.74, 6) is 2.00. The Morgan fingerprint density at radius 3 is 2.60 bits per heavy atom. The van der Waals surface area contributed by atoms with E-state index in [1.165, 1.54) is 0 Å². The highest BCUT2D eigenvalue weighted by Crippen LogP contribution is 2.32. The van der Waals surface area contributed by atoms with Crippen molar-refractivity contribution in [2.45, 2.75) is 20.3 Å². The number of hydrogen-bond acceptors (Lipinski definition) is 6. The average molecular weight is 364 g/mol. The van der Waals surface area contributed by atoms with Crippen LogP contribution < -0.4 is 15.4 Å². The number of aromatic nitrogens is 2. The number of methoxy groups -OCH3 is 1. The van der Waals surface area contributed by atoms with Gasteiger partial charge in [-0.3, -0.25) is 0 Å². The molecule has 1 aromatic heterocycles. The minimum Gasteiger partial charge on any atom is -0.495 e. The predicted octanol–water partition coefficient (Wildman–Crippen LogP) is 3.86. The number of benzene rings is 1. The van der Waals surface area contributed by atoms with E-state index in [1.807, 2.05) is 26.0 Å². The number of nitrogens with zero attached hydrogens (tertiary/aromatic N) is 3. The molecule has 7 heteroatoms. The third kappa shape index (κ3) is 5.76. The molecule has 0 bridgehead atoms. The lowest BCUT2D eigenvalue weighted by molar-refractivity contribution is 0.405. The van der Waals surface area contributed by atoms with Crippen molar-refractivity contribution in [3.8, 4) is 5.75 Å². The fraction of sp³-hybridized carbons (Fsp3) is 0.444. The van der Waals surface area contributed by atoms with Crippen LogP contribution in [0.3, 0.4) is 0 Å². The second-order valence-corrected chi connectivity index (χ2v) is 6.64. The normalized spacial score (nSPS) is 10.8. The van der Waals surface area contributed by atoms with Gasteiger partial charge in [-0.05, 0) is 52.5 Å². The van der Waals surface area contributed by atoms with Crippen LogP contribution in [0.15, 0.2) is 18.2 Å². The van der Waals surface area contributed by atoms with E-state index in [0.29, 0.717) is 22.5 Å². The van der Waals surface area contributed by atoms with Crippen LogP contribution in [0.4, 0.5) is 17.5 Å². The quantitative estimate of drug-likeness (QED) is 0.694. The van der Waals surface area contributed by atoms with Gasteiger partial charge < -0.3 is 20.3 Å². The molecule has 0 aliphatic heterocycles. The minimum absolute atomic E-state index is 0.617. The zero-order valence-electron chi connectivity index (χ0n) is 15.5. The van der Waals surface area contributed by atoms with Crippen LogP contribution in [-0.2, 0) is 0 Å². The summed E-state index contributed by atoms with van der Waals surface area (Å²) >= 11 is 6.16. The van der Waals surface area contributed by atoms with Crippen molar-refractivity contribution in [1.29, 1.82) is 0 Å². The maximum Gasteiger partial charge on any atom is 0.224 e. The summed E-state index contributed by atoms with van der Waals surface area (Å²) in [6.07, 6.45) is 1.03. The van der Waals surface area contributed by atoms with Crippen LogP contribution in [-0.4, -0.2) is 49.2 Å². The monoisotopic (exact) mass is 363 g/mol. The van der Waals surface area contributed by atoms with Gasteiger partial charge in [0.15, 0.2) is 0 Å². The molecule has 0 fully saturated rings. The maximum atomic E-state index is 6.16. The van der Waals surface area contributed by atoms with E-state index >= 15 is 0 Å². The molecule has 2 aromatic rings. The second kappa shape index (κ2) is 8.87. The molecule has 1 aromatic carbocycles. The van der Waals surface area contributed by atoms with Crippen LogP contribution in [0.1, 0.15) is 17.7 Å². The SMILES string of the molecule is COc1cc(Cl)c(C)cc1Nc1cc(C)nc(NCCCN(C)C)n1. The third-order valence-electron chi connectivity index (χ3n) is 3.66. The molecule has 0 aliphatic carbocycles. The van der Waals surface area contributed by atoms with Gasteiger partial charge in [0.25, 0.3) is 0 Å². The van der Waals surface area contributed by atoms with Crippen LogP contribution >= 0.6 is 11.6 Å². The highest BCUT2D eigenvalue weighted by molar-refractivity contribution is 6.31. The summed E-state index contributed by atoms with van der Waals surface area (Å²) in [4.78, 5) is 11.1. The zero-order chi connectivity index (χ0) is 18.4. The number of hydrogen-bond donors (Lipinski definition) is 2. The van der Waals surface area contributed by atoms with E-state index in [1.54, 1.807) is 13.2 Å². The first-order valence-corrected chi connectivity index (χ1v) is 8.62. The zero-order valence-corrected chi connectivity index (χ0v) is 16.2. The Morgan fingerprint density at radius 2 is 1.92 bits per heavy atom. The number of nitrogens with one attached hydrogen (secondary N) is 2. The lowest BCUT2D eigenvalue weighted by atomic mass is 10.2. The largest absolute Gasteiger partial charge is 0.495 e. The molecule has 0 radical (unpaired) electrons. The molecular formula is C18H26ClN5O. The maximum absolute atomic E-state index is 6.16. The van der Waals surface area contributed by atoms with Gasteiger partial charge in [-0.2, -0.15) is 4.98 Å². The fourth-order valence-electron chi connectivity index (χ4n) is 2.37. The molecule has 0 unspecified atom stereocenters. The van der Waals surface area contributed by atoms with Crippen molar-refractivity contribution in [3.05, 3.63) is 34.5 Å². The molecule has 2 N–H and O–H groups in total. The summed E-state index contributed by atoms with van der Waals surface area (Å²) < 4.78 is 5.41. The Hall–Kier alpha value is -2.05. The Morgan fingerprint density at radius 1 is 1.16 bits per heavy atom. The van der Waals surface area contributed by atoms with Crippen molar-refractivity contribution < 1.29 is 4.74 Å². The van der Waals surface area contributed by atoms with E-state index < -0.39 is 0 Å². The lowest BCUT2D eigenvalue weighted by Gasteiger charge is -2.14.